The van der Waals surface area contributed by atoms with Gasteiger partial charge in [0.25, 0.3) is 0 Å². The lowest BCUT2D eigenvalue weighted by molar-refractivity contribution is 0.316. The van der Waals surface area contributed by atoms with Crippen molar-refractivity contribution in [1.82, 2.24) is 5.32 Å². The van der Waals surface area contributed by atoms with Gasteiger partial charge in [0.05, 0.1) is 0 Å². The number of rotatable bonds is 7. The van der Waals surface area contributed by atoms with E-state index in [1.165, 1.54) is 6.42 Å². The van der Waals surface area contributed by atoms with Crippen molar-refractivity contribution in [2.45, 2.75) is 40.5 Å². The highest BCUT2D eigenvalue weighted by atomic mass is 14.9. The Hall–Kier alpha value is -0.0800. The van der Waals surface area contributed by atoms with E-state index in [1.807, 2.05) is 0 Å². The summed E-state index contributed by atoms with van der Waals surface area (Å²) in [6.07, 6.45) is 2.36. The molecule has 3 N–H and O–H groups in total. The fourth-order valence-corrected chi connectivity index (χ4v) is 1.30. The Morgan fingerprint density at radius 2 is 1.92 bits per heavy atom. The van der Waals surface area contributed by atoms with Gasteiger partial charge in [-0.2, -0.15) is 0 Å². The second kappa shape index (κ2) is 6.39. The highest BCUT2D eigenvalue weighted by Gasteiger charge is 2.15. The average Bonchev–Trinajstić information content (AvgIpc) is 1.98. The molecule has 0 saturated heterocycles. The molecule has 0 aromatic rings. The number of nitrogens with one attached hydrogen (secondary N) is 1. The predicted octanol–water partition coefficient (Wildman–Crippen LogP) is 2.00. The molecule has 0 aliphatic carbocycles. The highest BCUT2D eigenvalue weighted by Crippen LogP contribution is 2.17. The second-order valence-electron chi connectivity index (χ2n) is 5.06. The third-order valence-corrected chi connectivity index (χ3v) is 2.32. The minimum atomic E-state index is 0.353. The molecule has 0 rings (SSSR count). The Labute approximate surface area is 83.3 Å². The van der Waals surface area contributed by atoms with Crippen LogP contribution in [-0.4, -0.2) is 19.6 Å². The predicted molar refractivity (Wildman–Crippen MR) is 59.8 cm³/mol. The van der Waals surface area contributed by atoms with E-state index < -0.39 is 0 Å². The standard InChI is InChI=1S/C11H26N2/c1-10(2)5-8-13-9-11(3,4)6-7-12/h10,13H,5-9,12H2,1-4H3. The summed E-state index contributed by atoms with van der Waals surface area (Å²) in [5.41, 5.74) is 5.89. The molecule has 80 valence electrons. The zero-order chi connectivity index (χ0) is 10.3. The maximum Gasteiger partial charge on any atom is 0.000299 e. The molecule has 0 aliphatic heterocycles. The van der Waals surface area contributed by atoms with Crippen LogP contribution in [0.2, 0.25) is 0 Å². The summed E-state index contributed by atoms with van der Waals surface area (Å²) in [7, 11) is 0. The first-order valence-electron chi connectivity index (χ1n) is 5.39. The Kier molecular flexibility index (Phi) is 6.35. The second-order valence-corrected chi connectivity index (χ2v) is 5.06. The number of nitrogens with two attached hydrogens (primary N) is 1. The van der Waals surface area contributed by atoms with E-state index in [0.29, 0.717) is 5.41 Å². The van der Waals surface area contributed by atoms with E-state index in [4.69, 9.17) is 5.73 Å². The van der Waals surface area contributed by atoms with Crippen LogP contribution in [-0.2, 0) is 0 Å². The van der Waals surface area contributed by atoms with Crippen LogP contribution in [0.4, 0.5) is 0 Å². The number of hydrogen-bond acceptors (Lipinski definition) is 2. The van der Waals surface area contributed by atoms with Crippen LogP contribution in [0, 0.1) is 11.3 Å². The van der Waals surface area contributed by atoms with E-state index in [0.717, 1.165) is 32.0 Å². The fourth-order valence-electron chi connectivity index (χ4n) is 1.30. The average molecular weight is 186 g/mol. The van der Waals surface area contributed by atoms with Gasteiger partial charge in [-0.3, -0.25) is 0 Å². The van der Waals surface area contributed by atoms with Gasteiger partial charge in [-0.15, -0.1) is 0 Å². The van der Waals surface area contributed by atoms with E-state index in [1.54, 1.807) is 0 Å². The fraction of sp³-hybridized carbons (Fsp3) is 1.00. The first-order valence-corrected chi connectivity index (χ1v) is 5.39. The van der Waals surface area contributed by atoms with Gasteiger partial charge < -0.3 is 11.1 Å². The molecule has 0 spiro atoms. The first kappa shape index (κ1) is 12.9. The van der Waals surface area contributed by atoms with E-state index in [9.17, 15) is 0 Å². The summed E-state index contributed by atoms with van der Waals surface area (Å²) in [4.78, 5) is 0. The molecule has 2 nitrogen and oxygen atoms in total. The highest BCUT2D eigenvalue weighted by molar-refractivity contribution is 4.71. The molecule has 0 atom stereocenters. The monoisotopic (exact) mass is 186 g/mol. The van der Waals surface area contributed by atoms with Gasteiger partial charge >= 0.3 is 0 Å². The maximum atomic E-state index is 5.54. The van der Waals surface area contributed by atoms with E-state index in [2.05, 4.69) is 33.0 Å². The molecule has 0 aliphatic rings. The van der Waals surface area contributed by atoms with Crippen molar-refractivity contribution in [2.75, 3.05) is 19.6 Å². The van der Waals surface area contributed by atoms with Gasteiger partial charge in [-0.1, -0.05) is 27.7 Å². The summed E-state index contributed by atoms with van der Waals surface area (Å²) < 4.78 is 0. The normalized spacial score (nSPS) is 12.5. The molecule has 0 unspecified atom stereocenters. The molecule has 0 radical (unpaired) electrons. The molecular weight excluding hydrogens is 160 g/mol. The van der Waals surface area contributed by atoms with Gasteiger partial charge in [-0.25, -0.2) is 0 Å². The van der Waals surface area contributed by atoms with Gasteiger partial charge in [-0.05, 0) is 37.3 Å². The van der Waals surface area contributed by atoms with Crippen molar-refractivity contribution in [3.8, 4) is 0 Å². The molecule has 2 heteroatoms. The third kappa shape index (κ3) is 8.26. The topological polar surface area (TPSA) is 38.0 Å². The molecule has 0 aromatic carbocycles. The minimum absolute atomic E-state index is 0.353. The summed E-state index contributed by atoms with van der Waals surface area (Å²) in [6, 6.07) is 0. The Balaban J connectivity index is 3.40. The first-order chi connectivity index (χ1) is 5.98. The largest absolute Gasteiger partial charge is 0.330 e. The van der Waals surface area contributed by atoms with E-state index >= 15 is 0 Å². The Morgan fingerprint density at radius 3 is 2.38 bits per heavy atom. The van der Waals surface area contributed by atoms with Crippen molar-refractivity contribution in [3.05, 3.63) is 0 Å². The minimum Gasteiger partial charge on any atom is -0.330 e. The molecule has 0 fully saturated rings. The Morgan fingerprint density at radius 1 is 1.31 bits per heavy atom. The zero-order valence-corrected chi connectivity index (χ0v) is 9.69. The lowest BCUT2D eigenvalue weighted by atomic mass is 9.89. The van der Waals surface area contributed by atoms with Crippen LogP contribution < -0.4 is 11.1 Å². The summed E-state index contributed by atoms with van der Waals surface area (Å²) >= 11 is 0. The lowest BCUT2D eigenvalue weighted by Crippen LogP contribution is -2.32. The van der Waals surface area contributed by atoms with Gasteiger partial charge in [0.2, 0.25) is 0 Å². The smallest absolute Gasteiger partial charge is 0.000299 e. The lowest BCUT2D eigenvalue weighted by Gasteiger charge is -2.24. The van der Waals surface area contributed by atoms with Crippen LogP contribution >= 0.6 is 0 Å². The van der Waals surface area contributed by atoms with Gasteiger partial charge in [0.1, 0.15) is 0 Å². The van der Waals surface area contributed by atoms with Crippen molar-refractivity contribution in [1.29, 1.82) is 0 Å². The maximum absolute atomic E-state index is 5.54. The third-order valence-electron chi connectivity index (χ3n) is 2.32. The number of hydrogen-bond donors (Lipinski definition) is 2. The molecule has 13 heavy (non-hydrogen) atoms. The SMILES string of the molecule is CC(C)CCNCC(C)(C)CCN. The summed E-state index contributed by atoms with van der Waals surface area (Å²) in [5, 5.41) is 3.49. The summed E-state index contributed by atoms with van der Waals surface area (Å²) in [5.74, 6) is 0.796. The van der Waals surface area contributed by atoms with Crippen LogP contribution in [0.5, 0.6) is 0 Å². The van der Waals surface area contributed by atoms with Crippen molar-refractivity contribution >= 4 is 0 Å². The van der Waals surface area contributed by atoms with Crippen LogP contribution in [0.25, 0.3) is 0 Å². The van der Waals surface area contributed by atoms with Crippen LogP contribution in [0.1, 0.15) is 40.5 Å². The quantitative estimate of drug-likeness (QED) is 0.597. The van der Waals surface area contributed by atoms with Crippen LogP contribution in [0.15, 0.2) is 0 Å². The van der Waals surface area contributed by atoms with Crippen molar-refractivity contribution in [2.24, 2.45) is 17.1 Å². The van der Waals surface area contributed by atoms with Crippen molar-refractivity contribution in [3.63, 3.8) is 0 Å². The summed E-state index contributed by atoms with van der Waals surface area (Å²) in [6.45, 7) is 12.0. The van der Waals surface area contributed by atoms with Gasteiger partial charge in [0, 0.05) is 6.54 Å². The molecule has 0 saturated carbocycles. The molecular formula is C11H26N2. The van der Waals surface area contributed by atoms with Gasteiger partial charge in [0.15, 0.2) is 0 Å². The molecule has 0 heterocycles. The molecule has 0 aromatic heterocycles. The zero-order valence-electron chi connectivity index (χ0n) is 9.69. The Bertz CT molecular complexity index is 119. The van der Waals surface area contributed by atoms with Crippen LogP contribution in [0.3, 0.4) is 0 Å². The van der Waals surface area contributed by atoms with E-state index in [-0.39, 0.29) is 0 Å². The van der Waals surface area contributed by atoms with Crippen molar-refractivity contribution < 1.29 is 0 Å². The molecule has 0 amide bonds. The molecule has 0 bridgehead atoms.